The number of rotatable bonds is 7. The fraction of sp³-hybridized carbons (Fsp3) is 0.562. The second kappa shape index (κ2) is 7.63. The van der Waals surface area contributed by atoms with E-state index in [2.05, 4.69) is 13.8 Å². The molecule has 0 aromatic heterocycles. The van der Waals surface area contributed by atoms with Crippen molar-refractivity contribution in [3.8, 4) is 0 Å². The van der Waals surface area contributed by atoms with Gasteiger partial charge in [0.15, 0.2) is 0 Å². The molecule has 1 aromatic rings. The third kappa shape index (κ3) is 5.02. The Labute approximate surface area is 133 Å². The summed E-state index contributed by atoms with van der Waals surface area (Å²) in [6.07, 6.45) is -0.276. The van der Waals surface area contributed by atoms with Crippen LogP contribution in [0.4, 0.5) is 5.69 Å². The first-order valence-electron chi connectivity index (χ1n) is 7.47. The number of nitrogens with zero attached hydrogens (tertiary/aromatic N) is 1. The van der Waals surface area contributed by atoms with E-state index in [0.717, 1.165) is 9.87 Å². The second-order valence-electron chi connectivity index (χ2n) is 5.69. The van der Waals surface area contributed by atoms with Crippen LogP contribution in [0, 0.1) is 0 Å². The highest BCUT2D eigenvalue weighted by molar-refractivity contribution is 7.92. The number of sulfonamides is 1. The molecule has 22 heavy (non-hydrogen) atoms. The van der Waals surface area contributed by atoms with Gasteiger partial charge in [0, 0.05) is 0 Å². The van der Waals surface area contributed by atoms with Gasteiger partial charge in [-0.1, -0.05) is 26.0 Å². The van der Waals surface area contributed by atoms with Crippen LogP contribution < -0.4 is 4.31 Å². The van der Waals surface area contributed by atoms with Crippen molar-refractivity contribution < 1.29 is 17.9 Å². The molecule has 6 heteroatoms. The summed E-state index contributed by atoms with van der Waals surface area (Å²) in [5.74, 6) is -0.274. The van der Waals surface area contributed by atoms with Gasteiger partial charge in [-0.25, -0.2) is 8.42 Å². The van der Waals surface area contributed by atoms with Crippen molar-refractivity contribution in [2.75, 3.05) is 16.6 Å². The van der Waals surface area contributed by atoms with Crippen molar-refractivity contribution in [3.05, 3.63) is 29.8 Å². The number of ether oxygens (including phenoxy) is 1. The summed E-state index contributed by atoms with van der Waals surface area (Å²) in [6, 6.07) is 7.22. The van der Waals surface area contributed by atoms with Crippen molar-refractivity contribution >= 4 is 21.7 Å². The van der Waals surface area contributed by atoms with Crippen LogP contribution in [0.2, 0.25) is 0 Å². The number of hydrogen-bond donors (Lipinski definition) is 0. The lowest BCUT2D eigenvalue weighted by Crippen LogP contribution is -2.38. The molecule has 1 rings (SSSR count). The molecule has 0 unspecified atom stereocenters. The third-order valence-electron chi connectivity index (χ3n) is 3.19. The summed E-state index contributed by atoms with van der Waals surface area (Å²) in [5.41, 5.74) is 1.59. The predicted molar refractivity (Wildman–Crippen MR) is 88.6 cm³/mol. The molecule has 0 spiro atoms. The molecule has 0 saturated heterocycles. The Bertz CT molecular complexity index is 591. The van der Waals surface area contributed by atoms with Gasteiger partial charge in [-0.15, -0.1) is 0 Å². The molecule has 0 N–H and O–H groups in total. The van der Waals surface area contributed by atoms with Crippen LogP contribution in [0.5, 0.6) is 0 Å². The monoisotopic (exact) mass is 327 g/mol. The summed E-state index contributed by atoms with van der Waals surface area (Å²) in [6.45, 7) is 8.83. The standard InChI is InChI=1S/C16H25NO4S/c1-6-22(19,20)17(11-16(18)21-13(4)5)15-9-7-14(8-10-15)12(2)3/h7-10,12-13H,6,11H2,1-5H3. The van der Waals surface area contributed by atoms with Gasteiger partial charge in [0.25, 0.3) is 0 Å². The lowest BCUT2D eigenvalue weighted by molar-refractivity contribution is -0.145. The Balaban J connectivity index is 3.08. The van der Waals surface area contributed by atoms with Crippen LogP contribution in [-0.2, 0) is 19.6 Å². The van der Waals surface area contributed by atoms with E-state index in [-0.39, 0.29) is 18.4 Å². The molecule has 0 amide bonds. The summed E-state index contributed by atoms with van der Waals surface area (Å²) >= 11 is 0. The van der Waals surface area contributed by atoms with E-state index in [1.807, 2.05) is 12.1 Å². The minimum absolute atomic E-state index is 0.0755. The van der Waals surface area contributed by atoms with Crippen LogP contribution in [0.1, 0.15) is 46.1 Å². The molecule has 0 atom stereocenters. The highest BCUT2D eigenvalue weighted by Crippen LogP contribution is 2.22. The minimum Gasteiger partial charge on any atom is -0.462 e. The molecular formula is C16H25NO4S. The van der Waals surface area contributed by atoms with E-state index in [1.54, 1.807) is 32.9 Å². The highest BCUT2D eigenvalue weighted by atomic mass is 32.2. The van der Waals surface area contributed by atoms with E-state index >= 15 is 0 Å². The Morgan fingerprint density at radius 2 is 1.68 bits per heavy atom. The zero-order valence-electron chi connectivity index (χ0n) is 13.9. The summed E-state index contributed by atoms with van der Waals surface area (Å²) in [7, 11) is -3.54. The molecule has 5 nitrogen and oxygen atoms in total. The SMILES string of the molecule is CCS(=O)(=O)N(CC(=O)OC(C)C)c1ccc(C(C)C)cc1. The molecule has 0 aliphatic rings. The number of benzene rings is 1. The Hall–Kier alpha value is -1.56. The van der Waals surface area contributed by atoms with Gasteiger partial charge in [0.2, 0.25) is 10.0 Å². The van der Waals surface area contributed by atoms with Gasteiger partial charge in [-0.2, -0.15) is 0 Å². The van der Waals surface area contributed by atoms with Crippen molar-refractivity contribution in [2.24, 2.45) is 0 Å². The molecular weight excluding hydrogens is 302 g/mol. The van der Waals surface area contributed by atoms with Crippen LogP contribution in [0.3, 0.4) is 0 Å². The van der Waals surface area contributed by atoms with Crippen LogP contribution in [-0.4, -0.2) is 32.8 Å². The molecule has 124 valence electrons. The lowest BCUT2D eigenvalue weighted by Gasteiger charge is -2.24. The second-order valence-corrected chi connectivity index (χ2v) is 7.87. The molecule has 0 fully saturated rings. The van der Waals surface area contributed by atoms with Gasteiger partial charge in [0.1, 0.15) is 6.54 Å². The van der Waals surface area contributed by atoms with E-state index in [9.17, 15) is 13.2 Å². The number of hydrogen-bond acceptors (Lipinski definition) is 4. The normalized spacial score (nSPS) is 11.8. The average Bonchev–Trinajstić information content (AvgIpc) is 2.44. The molecule has 0 heterocycles. The summed E-state index contributed by atoms with van der Waals surface area (Å²) in [5, 5.41) is 0. The topological polar surface area (TPSA) is 63.7 Å². The van der Waals surface area contributed by atoms with Crippen molar-refractivity contribution in [2.45, 2.75) is 46.6 Å². The van der Waals surface area contributed by atoms with Crippen LogP contribution >= 0.6 is 0 Å². The molecule has 0 radical (unpaired) electrons. The van der Waals surface area contributed by atoms with Gasteiger partial charge in [-0.05, 0) is 44.4 Å². The van der Waals surface area contributed by atoms with E-state index < -0.39 is 16.0 Å². The van der Waals surface area contributed by atoms with Gasteiger partial charge < -0.3 is 4.74 Å². The number of esters is 1. The third-order valence-corrected chi connectivity index (χ3v) is 4.93. The van der Waals surface area contributed by atoms with Gasteiger partial charge in [0.05, 0.1) is 17.5 Å². The maximum Gasteiger partial charge on any atom is 0.327 e. The van der Waals surface area contributed by atoms with E-state index in [0.29, 0.717) is 11.6 Å². The number of anilines is 1. The maximum atomic E-state index is 12.3. The molecule has 0 saturated carbocycles. The lowest BCUT2D eigenvalue weighted by atomic mass is 10.0. The zero-order chi connectivity index (χ0) is 16.9. The van der Waals surface area contributed by atoms with Gasteiger partial charge in [-0.3, -0.25) is 9.10 Å². The van der Waals surface area contributed by atoms with E-state index in [1.165, 1.54) is 0 Å². The number of carbonyl (C=O) groups excluding carboxylic acids is 1. The quantitative estimate of drug-likeness (QED) is 0.722. The van der Waals surface area contributed by atoms with Crippen LogP contribution in [0.25, 0.3) is 0 Å². The summed E-state index contributed by atoms with van der Waals surface area (Å²) in [4.78, 5) is 11.8. The minimum atomic E-state index is -3.54. The Kier molecular flexibility index (Phi) is 6.41. The van der Waals surface area contributed by atoms with E-state index in [4.69, 9.17) is 4.74 Å². The Morgan fingerprint density at radius 3 is 2.09 bits per heavy atom. The average molecular weight is 327 g/mol. The highest BCUT2D eigenvalue weighted by Gasteiger charge is 2.24. The number of carbonyl (C=O) groups is 1. The van der Waals surface area contributed by atoms with Crippen molar-refractivity contribution in [3.63, 3.8) is 0 Å². The maximum absolute atomic E-state index is 12.3. The van der Waals surface area contributed by atoms with Gasteiger partial charge >= 0.3 is 5.97 Å². The fourth-order valence-electron chi connectivity index (χ4n) is 1.95. The first kappa shape index (κ1) is 18.5. The predicted octanol–water partition coefficient (Wildman–Crippen LogP) is 2.92. The van der Waals surface area contributed by atoms with Crippen molar-refractivity contribution in [1.29, 1.82) is 0 Å². The Morgan fingerprint density at radius 1 is 1.14 bits per heavy atom. The largest absolute Gasteiger partial charge is 0.462 e. The molecule has 1 aromatic carbocycles. The fourth-order valence-corrected chi connectivity index (χ4v) is 3.01. The molecule has 0 aliphatic carbocycles. The van der Waals surface area contributed by atoms with Crippen LogP contribution in [0.15, 0.2) is 24.3 Å². The summed E-state index contributed by atoms with van der Waals surface area (Å²) < 4.78 is 30.7. The molecule has 0 bridgehead atoms. The smallest absolute Gasteiger partial charge is 0.327 e. The molecule has 0 aliphatic heterocycles. The van der Waals surface area contributed by atoms with Crippen molar-refractivity contribution in [1.82, 2.24) is 0 Å². The first-order valence-corrected chi connectivity index (χ1v) is 9.08. The first-order chi connectivity index (χ1) is 10.2. The zero-order valence-corrected chi connectivity index (χ0v) is 14.7.